The van der Waals surface area contributed by atoms with Crippen molar-refractivity contribution < 1.29 is 27.4 Å². The number of hydrogen-bond acceptors (Lipinski definition) is 3. The Morgan fingerprint density at radius 1 is 1.47 bits per heavy atom. The van der Waals surface area contributed by atoms with Crippen LogP contribution in [0.4, 0.5) is 13.2 Å². The van der Waals surface area contributed by atoms with Crippen LogP contribution < -0.4 is 4.74 Å². The van der Waals surface area contributed by atoms with Crippen LogP contribution in [-0.2, 0) is 4.74 Å². The lowest BCUT2D eigenvalue weighted by molar-refractivity contribution is -0.0974. The third-order valence-corrected chi connectivity index (χ3v) is 2.33. The first-order valence-electron chi connectivity index (χ1n) is 5.09. The topological polar surface area (TPSA) is 35.5 Å². The van der Waals surface area contributed by atoms with Crippen molar-refractivity contribution in [2.24, 2.45) is 0 Å². The second-order valence-corrected chi connectivity index (χ2v) is 4.28. The molecule has 0 aromatic heterocycles. The Morgan fingerprint density at radius 2 is 2.11 bits per heavy atom. The predicted molar refractivity (Wildman–Crippen MR) is 63.7 cm³/mol. The highest BCUT2D eigenvalue weighted by molar-refractivity contribution is 6.30. The standard InChI is InChI=1S/C11H9Cl2F3O3/c1-2-18-9(17)7-4-3-6(12)5-8(7)19-10(14)11(13,15)16/h3-5,10H,2H2,1H3. The Hall–Kier alpha value is -1.14. The molecule has 1 atom stereocenters. The van der Waals surface area contributed by atoms with E-state index in [4.69, 9.17) is 11.6 Å². The van der Waals surface area contributed by atoms with E-state index < -0.39 is 23.5 Å². The number of ether oxygens (including phenoxy) is 2. The molecule has 0 bridgehead atoms. The van der Waals surface area contributed by atoms with Gasteiger partial charge in [0.1, 0.15) is 11.3 Å². The van der Waals surface area contributed by atoms with Gasteiger partial charge in [0.15, 0.2) is 0 Å². The Balaban J connectivity index is 3.04. The molecule has 19 heavy (non-hydrogen) atoms. The molecule has 1 aromatic carbocycles. The smallest absolute Gasteiger partial charge is 0.387 e. The molecule has 0 heterocycles. The number of rotatable bonds is 5. The van der Waals surface area contributed by atoms with E-state index in [-0.39, 0.29) is 17.2 Å². The molecule has 0 fully saturated rings. The van der Waals surface area contributed by atoms with Crippen molar-refractivity contribution in [3.8, 4) is 5.75 Å². The zero-order chi connectivity index (χ0) is 14.6. The Bertz CT molecular complexity index is 463. The first kappa shape index (κ1) is 15.9. The molecule has 0 aliphatic rings. The molecule has 0 radical (unpaired) electrons. The number of halogens is 5. The van der Waals surface area contributed by atoms with Crippen molar-refractivity contribution in [1.82, 2.24) is 0 Å². The van der Waals surface area contributed by atoms with Crippen molar-refractivity contribution in [2.45, 2.75) is 18.7 Å². The zero-order valence-corrected chi connectivity index (χ0v) is 11.1. The molecule has 0 aliphatic carbocycles. The van der Waals surface area contributed by atoms with Crippen LogP contribution in [0.15, 0.2) is 18.2 Å². The van der Waals surface area contributed by atoms with E-state index in [0.29, 0.717) is 0 Å². The second kappa shape index (κ2) is 6.34. The van der Waals surface area contributed by atoms with Crippen LogP contribution in [0.25, 0.3) is 0 Å². The number of carbonyl (C=O) groups is 1. The van der Waals surface area contributed by atoms with E-state index in [0.717, 1.165) is 6.07 Å². The van der Waals surface area contributed by atoms with Crippen LogP contribution in [-0.4, -0.2) is 24.3 Å². The largest absolute Gasteiger partial charge is 0.462 e. The second-order valence-electron chi connectivity index (χ2n) is 3.34. The molecule has 1 unspecified atom stereocenters. The molecule has 1 aromatic rings. The van der Waals surface area contributed by atoms with Gasteiger partial charge in [-0.2, -0.15) is 13.2 Å². The van der Waals surface area contributed by atoms with E-state index in [2.05, 4.69) is 21.1 Å². The molecule has 0 saturated carbocycles. The fourth-order valence-corrected chi connectivity index (χ4v) is 1.36. The maximum Gasteiger partial charge on any atom is 0.387 e. The summed E-state index contributed by atoms with van der Waals surface area (Å²) >= 11 is 10.1. The normalized spacial score (nSPS) is 12.9. The lowest BCUT2D eigenvalue weighted by atomic mass is 10.2. The Kier molecular flexibility index (Phi) is 5.31. The first-order valence-corrected chi connectivity index (χ1v) is 5.85. The molecular formula is C11H9Cl2F3O3. The summed E-state index contributed by atoms with van der Waals surface area (Å²) in [5.41, 5.74) is -0.227. The fourth-order valence-electron chi connectivity index (χ4n) is 1.15. The van der Waals surface area contributed by atoms with Gasteiger partial charge in [-0.1, -0.05) is 11.6 Å². The number of esters is 1. The van der Waals surface area contributed by atoms with Gasteiger partial charge < -0.3 is 9.47 Å². The number of benzene rings is 1. The highest BCUT2D eigenvalue weighted by atomic mass is 35.5. The molecule has 0 amide bonds. The average Bonchev–Trinajstić information content (AvgIpc) is 2.28. The van der Waals surface area contributed by atoms with Crippen LogP contribution in [0.3, 0.4) is 0 Å². The molecule has 3 nitrogen and oxygen atoms in total. The third-order valence-electron chi connectivity index (χ3n) is 1.93. The minimum atomic E-state index is -4.23. The van der Waals surface area contributed by atoms with E-state index in [1.54, 1.807) is 6.92 Å². The minimum Gasteiger partial charge on any atom is -0.462 e. The summed E-state index contributed by atoms with van der Waals surface area (Å²) in [5.74, 6) is -1.32. The third kappa shape index (κ3) is 4.47. The van der Waals surface area contributed by atoms with Crippen molar-refractivity contribution in [2.75, 3.05) is 6.61 Å². The summed E-state index contributed by atoms with van der Waals surface area (Å²) in [6.45, 7) is 1.62. The van der Waals surface area contributed by atoms with E-state index in [9.17, 15) is 18.0 Å². The molecule has 0 spiro atoms. The van der Waals surface area contributed by atoms with Gasteiger partial charge in [-0.25, -0.2) is 4.79 Å². The molecule has 8 heteroatoms. The van der Waals surface area contributed by atoms with Gasteiger partial charge in [0.05, 0.1) is 6.61 Å². The lowest BCUT2D eigenvalue weighted by Gasteiger charge is -2.17. The van der Waals surface area contributed by atoms with Gasteiger partial charge in [0.25, 0.3) is 0 Å². The van der Waals surface area contributed by atoms with Crippen molar-refractivity contribution in [1.29, 1.82) is 0 Å². The Labute approximate surface area is 117 Å². The summed E-state index contributed by atoms with van der Waals surface area (Å²) in [4.78, 5) is 11.5. The molecule has 0 N–H and O–H groups in total. The maximum atomic E-state index is 13.1. The lowest BCUT2D eigenvalue weighted by Crippen LogP contribution is -2.29. The van der Waals surface area contributed by atoms with Gasteiger partial charge >= 0.3 is 17.7 Å². The minimum absolute atomic E-state index is 0.0611. The van der Waals surface area contributed by atoms with Crippen LogP contribution in [0, 0.1) is 0 Å². The van der Waals surface area contributed by atoms with Gasteiger partial charge in [0, 0.05) is 5.02 Å². The zero-order valence-electron chi connectivity index (χ0n) is 9.63. The van der Waals surface area contributed by atoms with Crippen molar-refractivity contribution in [3.05, 3.63) is 28.8 Å². The van der Waals surface area contributed by atoms with Gasteiger partial charge in [-0.05, 0) is 36.7 Å². The molecule has 1 rings (SSSR count). The van der Waals surface area contributed by atoms with Crippen LogP contribution in [0.5, 0.6) is 5.75 Å². The monoisotopic (exact) mass is 316 g/mol. The fraction of sp³-hybridized carbons (Fsp3) is 0.364. The van der Waals surface area contributed by atoms with Crippen molar-refractivity contribution >= 4 is 29.2 Å². The van der Waals surface area contributed by atoms with E-state index in [1.807, 2.05) is 0 Å². The summed E-state index contributed by atoms with van der Waals surface area (Å²) in [7, 11) is 0. The van der Waals surface area contributed by atoms with Crippen molar-refractivity contribution in [3.63, 3.8) is 0 Å². The highest BCUT2D eigenvalue weighted by Crippen LogP contribution is 2.31. The molecular weight excluding hydrogens is 308 g/mol. The SMILES string of the molecule is CCOC(=O)c1ccc(Cl)cc1OC(F)C(F)(F)Cl. The summed E-state index contributed by atoms with van der Waals surface area (Å²) in [6, 6.07) is 3.50. The van der Waals surface area contributed by atoms with E-state index in [1.165, 1.54) is 12.1 Å². The highest BCUT2D eigenvalue weighted by Gasteiger charge is 2.40. The van der Waals surface area contributed by atoms with Gasteiger partial charge in [-0.15, -0.1) is 0 Å². The summed E-state index contributed by atoms with van der Waals surface area (Å²) in [6.07, 6.45) is -3.12. The predicted octanol–water partition coefficient (Wildman–Crippen LogP) is 4.02. The van der Waals surface area contributed by atoms with Crippen LogP contribution in [0.2, 0.25) is 5.02 Å². The molecule has 0 aliphatic heterocycles. The number of alkyl halides is 4. The maximum absolute atomic E-state index is 13.1. The van der Waals surface area contributed by atoms with E-state index >= 15 is 0 Å². The average molecular weight is 317 g/mol. The van der Waals surface area contributed by atoms with Crippen LogP contribution >= 0.6 is 23.2 Å². The van der Waals surface area contributed by atoms with Gasteiger partial charge in [0.2, 0.25) is 0 Å². The Morgan fingerprint density at radius 3 is 2.63 bits per heavy atom. The summed E-state index contributed by atoms with van der Waals surface area (Å²) in [5, 5.41) is -4.15. The van der Waals surface area contributed by atoms with Gasteiger partial charge in [-0.3, -0.25) is 0 Å². The molecule has 0 saturated heterocycles. The number of carbonyl (C=O) groups excluding carboxylic acids is 1. The number of hydrogen-bond donors (Lipinski definition) is 0. The summed E-state index contributed by atoms with van der Waals surface area (Å²) < 4.78 is 47.1. The molecule has 106 valence electrons. The first-order chi connectivity index (χ1) is 8.75. The quantitative estimate of drug-likeness (QED) is 0.608. The van der Waals surface area contributed by atoms with Crippen LogP contribution in [0.1, 0.15) is 17.3 Å².